The van der Waals surface area contributed by atoms with Gasteiger partial charge in [-0.1, -0.05) is 48.6 Å². The van der Waals surface area contributed by atoms with Gasteiger partial charge in [-0.2, -0.15) is 5.26 Å². The second-order valence-electron chi connectivity index (χ2n) is 4.02. The molecule has 2 nitrogen and oxygen atoms in total. The van der Waals surface area contributed by atoms with Gasteiger partial charge in [-0.15, -0.1) is 0 Å². The van der Waals surface area contributed by atoms with E-state index in [1.54, 1.807) is 0 Å². The Labute approximate surface area is 107 Å². The fourth-order valence-corrected chi connectivity index (χ4v) is 1.90. The molecule has 0 saturated heterocycles. The van der Waals surface area contributed by atoms with Crippen LogP contribution in [-0.4, -0.2) is 6.61 Å². The van der Waals surface area contributed by atoms with Crippen LogP contribution in [0.4, 0.5) is 0 Å². The highest BCUT2D eigenvalue weighted by atomic mass is 16.5. The molecule has 0 atom stereocenters. The molecule has 90 valence electrons. The number of ether oxygens (including phenoxy) is 1. The Hall–Kier alpha value is -2.11. The minimum absolute atomic E-state index is 0.470. The molecule has 0 amide bonds. The van der Waals surface area contributed by atoms with Gasteiger partial charge in [0.05, 0.1) is 18.8 Å². The van der Waals surface area contributed by atoms with Gasteiger partial charge >= 0.3 is 0 Å². The van der Waals surface area contributed by atoms with Gasteiger partial charge in [-0.25, -0.2) is 0 Å². The summed E-state index contributed by atoms with van der Waals surface area (Å²) in [5.74, 6) is 0. The van der Waals surface area contributed by atoms with Crippen molar-refractivity contribution in [2.45, 2.75) is 13.5 Å². The van der Waals surface area contributed by atoms with E-state index in [4.69, 9.17) is 4.74 Å². The highest BCUT2D eigenvalue weighted by molar-refractivity contribution is 5.88. The van der Waals surface area contributed by atoms with Crippen LogP contribution in [0.1, 0.15) is 18.1 Å². The molecule has 2 heteroatoms. The summed E-state index contributed by atoms with van der Waals surface area (Å²) in [6.07, 6.45) is 3.90. The largest absolute Gasteiger partial charge is 0.373 e. The number of nitrogens with zero attached hydrogens (tertiary/aromatic N) is 1. The number of fused-ring (bicyclic) bond motifs is 1. The lowest BCUT2D eigenvalue weighted by Gasteiger charge is -2.07. The van der Waals surface area contributed by atoms with Gasteiger partial charge in [0.25, 0.3) is 0 Å². The molecule has 0 unspecified atom stereocenters. The fourth-order valence-electron chi connectivity index (χ4n) is 1.90. The van der Waals surface area contributed by atoms with Gasteiger partial charge in [0.2, 0.25) is 0 Å². The Kier molecular flexibility index (Phi) is 4.11. The van der Waals surface area contributed by atoms with E-state index in [0.29, 0.717) is 18.8 Å². The van der Waals surface area contributed by atoms with E-state index in [-0.39, 0.29) is 0 Å². The molecule has 0 bridgehead atoms. The third-order valence-electron chi connectivity index (χ3n) is 2.83. The molecule has 0 fully saturated rings. The number of benzene rings is 2. The minimum atomic E-state index is 0.470. The Morgan fingerprint density at radius 3 is 2.83 bits per heavy atom. The Morgan fingerprint density at radius 2 is 2.06 bits per heavy atom. The molecule has 0 aliphatic rings. The standard InChI is InChI=1S/C16H15NO/c1-2-3-10-18-12-14-9-8-13-6-4-5-7-15(13)16(14)11-17/h2-9H,10,12H2,1H3/b3-2+. The van der Waals surface area contributed by atoms with Gasteiger partial charge in [0.15, 0.2) is 0 Å². The van der Waals surface area contributed by atoms with Crippen LogP contribution < -0.4 is 0 Å². The van der Waals surface area contributed by atoms with E-state index in [9.17, 15) is 5.26 Å². The highest BCUT2D eigenvalue weighted by Crippen LogP contribution is 2.22. The van der Waals surface area contributed by atoms with Crippen LogP contribution in [0, 0.1) is 11.3 Å². The summed E-state index contributed by atoms with van der Waals surface area (Å²) in [7, 11) is 0. The molecule has 0 radical (unpaired) electrons. The first kappa shape index (κ1) is 12.3. The second kappa shape index (κ2) is 6.00. The Morgan fingerprint density at radius 1 is 1.22 bits per heavy atom. The predicted molar refractivity (Wildman–Crippen MR) is 73.1 cm³/mol. The quantitative estimate of drug-likeness (QED) is 0.598. The number of nitriles is 1. The van der Waals surface area contributed by atoms with E-state index in [0.717, 1.165) is 16.3 Å². The van der Waals surface area contributed by atoms with Crippen LogP contribution in [0.5, 0.6) is 0 Å². The van der Waals surface area contributed by atoms with Crippen molar-refractivity contribution >= 4 is 10.8 Å². The first-order chi connectivity index (χ1) is 8.86. The molecular formula is C16H15NO. The number of allylic oxidation sites excluding steroid dienone is 1. The summed E-state index contributed by atoms with van der Waals surface area (Å²) in [6, 6.07) is 14.2. The topological polar surface area (TPSA) is 33.0 Å². The zero-order valence-corrected chi connectivity index (χ0v) is 10.4. The van der Waals surface area contributed by atoms with Crippen molar-refractivity contribution in [3.05, 3.63) is 59.7 Å². The maximum absolute atomic E-state index is 9.30. The number of rotatable bonds is 4. The average molecular weight is 237 g/mol. The smallest absolute Gasteiger partial charge is 0.100 e. The van der Waals surface area contributed by atoms with Gasteiger partial charge in [-0.3, -0.25) is 0 Å². The van der Waals surface area contributed by atoms with E-state index < -0.39 is 0 Å². The van der Waals surface area contributed by atoms with Crippen LogP contribution in [0.3, 0.4) is 0 Å². The Bertz CT molecular complexity index is 608. The minimum Gasteiger partial charge on any atom is -0.373 e. The first-order valence-corrected chi connectivity index (χ1v) is 5.96. The maximum Gasteiger partial charge on any atom is 0.100 e. The monoisotopic (exact) mass is 237 g/mol. The molecule has 0 aliphatic carbocycles. The van der Waals surface area contributed by atoms with Crippen molar-refractivity contribution in [3.63, 3.8) is 0 Å². The van der Waals surface area contributed by atoms with Crippen LogP contribution in [0.2, 0.25) is 0 Å². The average Bonchev–Trinajstić information content (AvgIpc) is 2.43. The van der Waals surface area contributed by atoms with Crippen molar-refractivity contribution in [2.24, 2.45) is 0 Å². The van der Waals surface area contributed by atoms with Crippen molar-refractivity contribution in [1.82, 2.24) is 0 Å². The zero-order valence-electron chi connectivity index (χ0n) is 10.4. The van der Waals surface area contributed by atoms with Crippen molar-refractivity contribution < 1.29 is 4.74 Å². The lowest BCUT2D eigenvalue weighted by molar-refractivity contribution is 0.148. The molecule has 2 rings (SSSR count). The van der Waals surface area contributed by atoms with Gasteiger partial charge in [0, 0.05) is 0 Å². The maximum atomic E-state index is 9.30. The van der Waals surface area contributed by atoms with E-state index in [1.165, 1.54) is 0 Å². The third kappa shape index (κ3) is 2.58. The lowest BCUT2D eigenvalue weighted by Crippen LogP contribution is -1.96. The fraction of sp³-hybridized carbons (Fsp3) is 0.188. The number of hydrogen-bond acceptors (Lipinski definition) is 2. The summed E-state index contributed by atoms with van der Waals surface area (Å²) in [5.41, 5.74) is 1.66. The van der Waals surface area contributed by atoms with E-state index in [1.807, 2.05) is 55.5 Å². The molecule has 0 heterocycles. The molecule has 0 N–H and O–H groups in total. The normalized spacial score (nSPS) is 10.9. The van der Waals surface area contributed by atoms with Crippen molar-refractivity contribution in [3.8, 4) is 6.07 Å². The summed E-state index contributed by atoms with van der Waals surface area (Å²) in [4.78, 5) is 0. The van der Waals surface area contributed by atoms with Crippen molar-refractivity contribution in [2.75, 3.05) is 6.61 Å². The highest BCUT2D eigenvalue weighted by Gasteiger charge is 2.06. The molecule has 0 spiro atoms. The Balaban J connectivity index is 2.31. The molecular weight excluding hydrogens is 222 g/mol. The second-order valence-corrected chi connectivity index (χ2v) is 4.02. The lowest BCUT2D eigenvalue weighted by atomic mass is 10.0. The van der Waals surface area contributed by atoms with E-state index in [2.05, 4.69) is 6.07 Å². The number of hydrogen-bond donors (Lipinski definition) is 0. The molecule has 2 aromatic rings. The van der Waals surface area contributed by atoms with Crippen molar-refractivity contribution in [1.29, 1.82) is 5.26 Å². The molecule has 2 aromatic carbocycles. The van der Waals surface area contributed by atoms with Crippen LogP contribution >= 0.6 is 0 Å². The van der Waals surface area contributed by atoms with Gasteiger partial charge in [0.1, 0.15) is 6.07 Å². The molecule has 0 aromatic heterocycles. The summed E-state index contributed by atoms with van der Waals surface area (Å²) in [6.45, 7) is 3.01. The van der Waals surface area contributed by atoms with E-state index >= 15 is 0 Å². The summed E-state index contributed by atoms with van der Waals surface area (Å²) < 4.78 is 5.51. The van der Waals surface area contributed by atoms with Gasteiger partial charge < -0.3 is 4.74 Å². The third-order valence-corrected chi connectivity index (χ3v) is 2.83. The first-order valence-electron chi connectivity index (χ1n) is 5.96. The summed E-state index contributed by atoms with van der Waals surface area (Å²) >= 11 is 0. The van der Waals surface area contributed by atoms with Crippen LogP contribution in [-0.2, 0) is 11.3 Å². The van der Waals surface area contributed by atoms with Gasteiger partial charge in [-0.05, 0) is 23.3 Å². The van der Waals surface area contributed by atoms with Crippen LogP contribution in [0.15, 0.2) is 48.6 Å². The molecule has 0 aliphatic heterocycles. The molecule has 0 saturated carbocycles. The zero-order chi connectivity index (χ0) is 12.8. The predicted octanol–water partition coefficient (Wildman–Crippen LogP) is 3.80. The summed E-state index contributed by atoms with van der Waals surface area (Å²) in [5, 5.41) is 11.4. The SMILES string of the molecule is C/C=C/COCc1ccc2ccccc2c1C#N. The molecule has 18 heavy (non-hydrogen) atoms. The van der Waals surface area contributed by atoms with Crippen LogP contribution in [0.25, 0.3) is 10.8 Å².